The van der Waals surface area contributed by atoms with Crippen molar-refractivity contribution in [1.29, 1.82) is 0 Å². The summed E-state index contributed by atoms with van der Waals surface area (Å²) in [6, 6.07) is 8.40. The topological polar surface area (TPSA) is 82.0 Å². The zero-order chi connectivity index (χ0) is 13.8. The number of nitrogen functional groups attached to an aromatic ring is 1. The summed E-state index contributed by atoms with van der Waals surface area (Å²) in [6.45, 7) is 0. The van der Waals surface area contributed by atoms with Crippen LogP contribution in [-0.4, -0.2) is 9.91 Å². The SMILES string of the molecule is Nc1ccc(SCc2ccc([N+](=O)[O-])cc2Br)cn1. The summed E-state index contributed by atoms with van der Waals surface area (Å²) >= 11 is 4.94. The number of nitro benzene ring substituents is 1. The second-order valence-corrected chi connectivity index (χ2v) is 5.64. The summed E-state index contributed by atoms with van der Waals surface area (Å²) in [5, 5.41) is 10.6. The summed E-state index contributed by atoms with van der Waals surface area (Å²) in [5.74, 6) is 1.19. The van der Waals surface area contributed by atoms with E-state index in [4.69, 9.17) is 5.73 Å². The summed E-state index contributed by atoms with van der Waals surface area (Å²) in [6.07, 6.45) is 1.71. The van der Waals surface area contributed by atoms with E-state index in [1.54, 1.807) is 30.1 Å². The van der Waals surface area contributed by atoms with Crippen LogP contribution in [0.5, 0.6) is 0 Å². The average Bonchev–Trinajstić information content (AvgIpc) is 2.39. The highest BCUT2D eigenvalue weighted by Gasteiger charge is 2.09. The number of benzene rings is 1. The molecule has 0 aliphatic carbocycles. The molecule has 98 valence electrons. The number of anilines is 1. The first kappa shape index (κ1) is 13.8. The minimum absolute atomic E-state index is 0.0785. The molecule has 2 rings (SSSR count). The lowest BCUT2D eigenvalue weighted by molar-refractivity contribution is -0.384. The van der Waals surface area contributed by atoms with Crippen LogP contribution in [0.2, 0.25) is 0 Å². The third-order valence-electron chi connectivity index (χ3n) is 2.40. The molecule has 7 heteroatoms. The Morgan fingerprint density at radius 2 is 2.16 bits per heavy atom. The van der Waals surface area contributed by atoms with Gasteiger partial charge in [0.05, 0.1) is 4.92 Å². The van der Waals surface area contributed by atoms with E-state index in [0.29, 0.717) is 11.6 Å². The highest BCUT2D eigenvalue weighted by molar-refractivity contribution is 9.10. The fraction of sp³-hybridized carbons (Fsp3) is 0.0833. The van der Waals surface area contributed by atoms with E-state index in [1.807, 2.05) is 6.07 Å². The van der Waals surface area contributed by atoms with E-state index >= 15 is 0 Å². The Bertz CT molecular complexity index is 604. The lowest BCUT2D eigenvalue weighted by Gasteiger charge is -2.04. The maximum absolute atomic E-state index is 10.6. The van der Waals surface area contributed by atoms with E-state index in [0.717, 1.165) is 14.9 Å². The number of nitrogens with two attached hydrogens (primary N) is 1. The highest BCUT2D eigenvalue weighted by Crippen LogP contribution is 2.29. The Morgan fingerprint density at radius 1 is 1.37 bits per heavy atom. The largest absolute Gasteiger partial charge is 0.384 e. The summed E-state index contributed by atoms with van der Waals surface area (Å²) in [5.41, 5.74) is 6.58. The van der Waals surface area contributed by atoms with Crippen molar-refractivity contribution in [3.63, 3.8) is 0 Å². The predicted octanol–water partition coefficient (Wildman–Crippen LogP) is 3.63. The van der Waals surface area contributed by atoms with Crippen molar-refractivity contribution in [3.05, 3.63) is 56.7 Å². The van der Waals surface area contributed by atoms with Crippen LogP contribution in [0, 0.1) is 10.1 Å². The van der Waals surface area contributed by atoms with Gasteiger partial charge in [0.25, 0.3) is 5.69 Å². The third-order valence-corrected chi connectivity index (χ3v) is 4.17. The molecular weight excluding hydrogens is 330 g/mol. The molecule has 0 aliphatic heterocycles. The lowest BCUT2D eigenvalue weighted by atomic mass is 10.2. The second kappa shape index (κ2) is 6.03. The Morgan fingerprint density at radius 3 is 2.74 bits per heavy atom. The van der Waals surface area contributed by atoms with E-state index in [-0.39, 0.29) is 5.69 Å². The molecule has 5 nitrogen and oxygen atoms in total. The van der Waals surface area contributed by atoms with Crippen molar-refractivity contribution in [1.82, 2.24) is 4.98 Å². The lowest BCUT2D eigenvalue weighted by Crippen LogP contribution is -1.91. The molecule has 0 spiro atoms. The van der Waals surface area contributed by atoms with E-state index in [1.165, 1.54) is 12.1 Å². The van der Waals surface area contributed by atoms with Crippen LogP contribution < -0.4 is 5.73 Å². The molecule has 1 aromatic carbocycles. The standard InChI is InChI=1S/C12H10BrN3O2S/c13-11-5-9(16(17)18)2-1-8(11)7-19-10-3-4-12(14)15-6-10/h1-6H,7H2,(H2,14,15). The number of pyridine rings is 1. The van der Waals surface area contributed by atoms with Gasteiger partial charge in [-0.3, -0.25) is 10.1 Å². The van der Waals surface area contributed by atoms with Crippen molar-refractivity contribution in [2.45, 2.75) is 10.6 Å². The van der Waals surface area contributed by atoms with Gasteiger partial charge >= 0.3 is 0 Å². The van der Waals surface area contributed by atoms with Crippen LogP contribution in [0.15, 0.2) is 45.9 Å². The number of halogens is 1. The molecule has 0 fully saturated rings. The zero-order valence-corrected chi connectivity index (χ0v) is 12.1. The molecule has 1 aromatic heterocycles. The number of hydrogen-bond donors (Lipinski definition) is 1. The summed E-state index contributed by atoms with van der Waals surface area (Å²) in [4.78, 5) is 15.2. The first-order chi connectivity index (χ1) is 9.06. The van der Waals surface area contributed by atoms with Gasteiger partial charge in [0.1, 0.15) is 5.82 Å². The smallest absolute Gasteiger partial charge is 0.270 e. The number of aromatic nitrogens is 1. The minimum atomic E-state index is -0.411. The molecule has 0 saturated carbocycles. The van der Waals surface area contributed by atoms with Gasteiger partial charge in [-0.05, 0) is 17.7 Å². The molecule has 2 N–H and O–H groups in total. The van der Waals surface area contributed by atoms with Crippen LogP contribution in [0.4, 0.5) is 11.5 Å². The van der Waals surface area contributed by atoms with Gasteiger partial charge in [0.15, 0.2) is 0 Å². The average molecular weight is 340 g/mol. The molecule has 0 unspecified atom stereocenters. The molecule has 0 bridgehead atoms. The fourth-order valence-corrected chi connectivity index (χ4v) is 2.96. The Hall–Kier alpha value is -1.60. The van der Waals surface area contributed by atoms with Crippen molar-refractivity contribution in [2.24, 2.45) is 0 Å². The first-order valence-electron chi connectivity index (χ1n) is 5.33. The van der Waals surface area contributed by atoms with E-state index in [2.05, 4.69) is 20.9 Å². The Balaban J connectivity index is 2.07. The predicted molar refractivity (Wildman–Crippen MR) is 79.0 cm³/mol. The Kier molecular flexibility index (Phi) is 4.39. The van der Waals surface area contributed by atoms with Crippen LogP contribution in [-0.2, 0) is 5.75 Å². The molecular formula is C12H10BrN3O2S. The molecule has 0 amide bonds. The molecule has 0 saturated heterocycles. The molecule has 0 aliphatic rings. The molecule has 0 atom stereocenters. The number of non-ortho nitro benzene ring substituents is 1. The van der Waals surface area contributed by atoms with Crippen molar-refractivity contribution in [2.75, 3.05) is 5.73 Å². The maximum atomic E-state index is 10.6. The van der Waals surface area contributed by atoms with Gasteiger partial charge in [0, 0.05) is 33.5 Å². The van der Waals surface area contributed by atoms with E-state index in [9.17, 15) is 10.1 Å². The number of hydrogen-bond acceptors (Lipinski definition) is 5. The highest BCUT2D eigenvalue weighted by atomic mass is 79.9. The number of nitrogens with zero attached hydrogens (tertiary/aromatic N) is 2. The quantitative estimate of drug-likeness (QED) is 0.522. The van der Waals surface area contributed by atoms with E-state index < -0.39 is 4.92 Å². The molecule has 2 aromatic rings. The van der Waals surface area contributed by atoms with Gasteiger partial charge < -0.3 is 5.73 Å². The Labute approximate surface area is 122 Å². The minimum Gasteiger partial charge on any atom is -0.384 e. The normalized spacial score (nSPS) is 10.4. The first-order valence-corrected chi connectivity index (χ1v) is 7.11. The van der Waals surface area contributed by atoms with Crippen LogP contribution in [0.3, 0.4) is 0 Å². The van der Waals surface area contributed by atoms with Gasteiger partial charge in [-0.25, -0.2) is 4.98 Å². The summed E-state index contributed by atoms with van der Waals surface area (Å²) in [7, 11) is 0. The van der Waals surface area contributed by atoms with Gasteiger partial charge in [-0.15, -0.1) is 11.8 Å². The maximum Gasteiger partial charge on any atom is 0.270 e. The molecule has 0 radical (unpaired) electrons. The van der Waals surface area contributed by atoms with Gasteiger partial charge in [-0.1, -0.05) is 22.0 Å². The van der Waals surface area contributed by atoms with Crippen molar-refractivity contribution < 1.29 is 4.92 Å². The zero-order valence-electron chi connectivity index (χ0n) is 9.75. The number of thioether (sulfide) groups is 1. The second-order valence-electron chi connectivity index (χ2n) is 3.74. The number of rotatable bonds is 4. The van der Waals surface area contributed by atoms with Crippen molar-refractivity contribution in [3.8, 4) is 0 Å². The van der Waals surface area contributed by atoms with Gasteiger partial charge in [-0.2, -0.15) is 0 Å². The summed E-state index contributed by atoms with van der Waals surface area (Å²) < 4.78 is 0.734. The van der Waals surface area contributed by atoms with Crippen molar-refractivity contribution >= 4 is 39.2 Å². The van der Waals surface area contributed by atoms with Gasteiger partial charge in [0.2, 0.25) is 0 Å². The number of nitro groups is 1. The molecule has 19 heavy (non-hydrogen) atoms. The van der Waals surface area contributed by atoms with Crippen LogP contribution >= 0.6 is 27.7 Å². The van der Waals surface area contributed by atoms with Crippen LogP contribution in [0.1, 0.15) is 5.56 Å². The third kappa shape index (κ3) is 3.68. The van der Waals surface area contributed by atoms with Crippen LogP contribution in [0.25, 0.3) is 0 Å². The fourth-order valence-electron chi connectivity index (χ4n) is 1.41. The monoisotopic (exact) mass is 339 g/mol. The molecule has 1 heterocycles.